The molecule has 4 rings (SSSR count). The summed E-state index contributed by atoms with van der Waals surface area (Å²) in [5.74, 6) is -2.23. The lowest BCUT2D eigenvalue weighted by Gasteiger charge is -2.19. The van der Waals surface area contributed by atoms with E-state index in [1.807, 2.05) is 32.0 Å². The fourth-order valence-corrected chi connectivity index (χ4v) is 4.85. The zero-order chi connectivity index (χ0) is 27.4. The van der Waals surface area contributed by atoms with Crippen molar-refractivity contribution in [3.8, 4) is 10.6 Å². The molecule has 1 atom stereocenters. The highest BCUT2D eigenvalue weighted by Crippen LogP contribution is 2.34. The van der Waals surface area contributed by atoms with Gasteiger partial charge in [-0.3, -0.25) is 14.4 Å². The molecule has 0 saturated carbocycles. The maximum Gasteiger partial charge on any atom is 0.345 e. The number of nitrogens with zero attached hydrogens (tertiary/aromatic N) is 3. The molecular weight excluding hydrogens is 510 g/mol. The Morgan fingerprint density at radius 3 is 2.63 bits per heavy atom. The molecule has 0 unspecified atom stereocenters. The smallest absolute Gasteiger partial charge is 0.345 e. The Hall–Kier alpha value is -4.32. The number of nitrogens with one attached hydrogen (secondary N) is 2. The highest BCUT2D eigenvalue weighted by molar-refractivity contribution is 7.09. The number of rotatable bonds is 9. The topological polar surface area (TPSA) is 151 Å². The van der Waals surface area contributed by atoms with Crippen molar-refractivity contribution in [1.29, 1.82) is 0 Å². The molecule has 0 radical (unpaired) electrons. The van der Waals surface area contributed by atoms with Gasteiger partial charge in [-0.15, -0.1) is 0 Å². The van der Waals surface area contributed by atoms with E-state index < -0.39 is 30.4 Å². The third kappa shape index (κ3) is 6.14. The van der Waals surface area contributed by atoms with Crippen LogP contribution in [0.4, 0.5) is 17.1 Å². The molecule has 3 aromatic rings. The van der Waals surface area contributed by atoms with E-state index in [9.17, 15) is 24.3 Å². The van der Waals surface area contributed by atoms with E-state index in [0.717, 1.165) is 34.3 Å². The van der Waals surface area contributed by atoms with Crippen molar-refractivity contribution in [2.24, 2.45) is 0 Å². The SMILES string of the molecule is CC(=O)O[C@H](CC(=O)Nc1cccc2c1CCN2C(=O)CNc1cc(-c2nc(C)ns2)ccc1C)C(=O)O. The van der Waals surface area contributed by atoms with E-state index in [1.165, 1.54) is 11.5 Å². The minimum absolute atomic E-state index is 0.0676. The molecule has 2 heterocycles. The molecule has 1 aliphatic rings. The van der Waals surface area contributed by atoms with Crippen LogP contribution in [0.2, 0.25) is 0 Å². The first-order valence-electron chi connectivity index (χ1n) is 11.9. The van der Waals surface area contributed by atoms with Gasteiger partial charge in [-0.25, -0.2) is 9.78 Å². The van der Waals surface area contributed by atoms with Crippen molar-refractivity contribution in [1.82, 2.24) is 9.36 Å². The van der Waals surface area contributed by atoms with Crippen molar-refractivity contribution >= 4 is 52.3 Å². The second-order valence-electron chi connectivity index (χ2n) is 8.82. The van der Waals surface area contributed by atoms with Crippen LogP contribution >= 0.6 is 11.5 Å². The molecule has 0 fully saturated rings. The van der Waals surface area contributed by atoms with Crippen LogP contribution < -0.4 is 15.5 Å². The second-order valence-corrected chi connectivity index (χ2v) is 9.57. The first-order chi connectivity index (χ1) is 18.1. The van der Waals surface area contributed by atoms with E-state index >= 15 is 0 Å². The number of hydrogen-bond acceptors (Lipinski definition) is 9. The summed E-state index contributed by atoms with van der Waals surface area (Å²) in [6.07, 6.45) is -1.58. The molecule has 198 valence electrons. The first kappa shape index (κ1) is 26.7. The summed E-state index contributed by atoms with van der Waals surface area (Å²) in [5, 5.41) is 15.9. The number of amides is 2. The number of ether oxygens (including phenoxy) is 1. The number of esters is 1. The Morgan fingerprint density at radius 2 is 1.95 bits per heavy atom. The Labute approximate surface area is 223 Å². The molecule has 0 aliphatic carbocycles. The van der Waals surface area contributed by atoms with E-state index in [1.54, 1.807) is 23.1 Å². The molecule has 0 saturated heterocycles. The molecule has 0 spiro atoms. The first-order valence-corrected chi connectivity index (χ1v) is 12.7. The Bertz CT molecular complexity index is 1400. The lowest BCUT2D eigenvalue weighted by molar-refractivity contribution is -0.163. The highest BCUT2D eigenvalue weighted by Gasteiger charge is 2.28. The minimum atomic E-state index is -1.58. The second kappa shape index (κ2) is 11.4. The van der Waals surface area contributed by atoms with Crippen LogP contribution in [-0.4, -0.2) is 57.4 Å². The lowest BCUT2D eigenvalue weighted by Crippen LogP contribution is -2.34. The molecule has 2 amide bonds. The Kier molecular flexibility index (Phi) is 8.01. The number of carbonyl (C=O) groups is 4. The van der Waals surface area contributed by atoms with Gasteiger partial charge in [0.1, 0.15) is 10.8 Å². The van der Waals surface area contributed by atoms with E-state index in [4.69, 9.17) is 4.74 Å². The summed E-state index contributed by atoms with van der Waals surface area (Å²) in [6, 6.07) is 11.1. The predicted octanol–water partition coefficient (Wildman–Crippen LogP) is 3.17. The fourth-order valence-electron chi connectivity index (χ4n) is 4.19. The number of carboxylic acid groups (broad SMARTS) is 1. The zero-order valence-electron chi connectivity index (χ0n) is 21.1. The van der Waals surface area contributed by atoms with Crippen LogP contribution in [-0.2, 0) is 30.3 Å². The maximum absolute atomic E-state index is 13.1. The number of carboxylic acids is 1. The number of anilines is 3. The Balaban J connectivity index is 1.42. The van der Waals surface area contributed by atoms with Gasteiger partial charge >= 0.3 is 11.9 Å². The van der Waals surface area contributed by atoms with Crippen molar-refractivity contribution in [2.45, 2.75) is 39.7 Å². The summed E-state index contributed by atoms with van der Waals surface area (Å²) < 4.78 is 8.93. The molecule has 12 heteroatoms. The molecule has 38 heavy (non-hydrogen) atoms. The molecule has 3 N–H and O–H groups in total. The van der Waals surface area contributed by atoms with Crippen LogP contribution in [0.25, 0.3) is 10.6 Å². The number of carbonyl (C=O) groups excluding carboxylic acids is 3. The van der Waals surface area contributed by atoms with Gasteiger partial charge in [-0.05, 0) is 55.6 Å². The average molecular weight is 538 g/mol. The van der Waals surface area contributed by atoms with Gasteiger partial charge in [0.05, 0.1) is 13.0 Å². The van der Waals surface area contributed by atoms with Gasteiger partial charge in [-0.1, -0.05) is 18.2 Å². The number of hydrogen-bond donors (Lipinski definition) is 3. The molecule has 11 nitrogen and oxygen atoms in total. The number of aromatic nitrogens is 2. The van der Waals surface area contributed by atoms with Gasteiger partial charge < -0.3 is 25.4 Å². The minimum Gasteiger partial charge on any atom is -0.478 e. The molecular formula is C26H27N5O6S. The number of aliphatic carboxylic acids is 1. The van der Waals surface area contributed by atoms with Crippen LogP contribution in [0.1, 0.15) is 30.3 Å². The fraction of sp³-hybridized carbons (Fsp3) is 0.308. The summed E-state index contributed by atoms with van der Waals surface area (Å²) in [5.41, 5.74) is 4.67. The number of benzene rings is 2. The molecule has 2 aromatic carbocycles. The summed E-state index contributed by atoms with van der Waals surface area (Å²) in [6.45, 7) is 5.38. The van der Waals surface area contributed by atoms with Gasteiger partial charge in [0.25, 0.3) is 0 Å². The van der Waals surface area contributed by atoms with Gasteiger partial charge in [0, 0.05) is 41.7 Å². The molecule has 1 aromatic heterocycles. The van der Waals surface area contributed by atoms with E-state index in [-0.39, 0.29) is 12.5 Å². The van der Waals surface area contributed by atoms with Gasteiger partial charge in [-0.2, -0.15) is 4.37 Å². The quantitative estimate of drug-likeness (QED) is 0.350. The summed E-state index contributed by atoms with van der Waals surface area (Å²) in [4.78, 5) is 54.1. The number of fused-ring (bicyclic) bond motifs is 1. The third-order valence-electron chi connectivity index (χ3n) is 6.00. The average Bonchev–Trinajstić information content (AvgIpc) is 3.49. The summed E-state index contributed by atoms with van der Waals surface area (Å²) in [7, 11) is 0. The standard InChI is InChI=1S/C26H27N5O6S/c1-14-7-8-17(25-28-15(2)30-38-25)11-20(14)27-13-24(34)31-10-9-18-19(5-4-6-21(18)31)29-23(33)12-22(26(35)36)37-16(3)32/h4-8,11,22,27H,9-10,12-13H2,1-3H3,(H,29,33)(H,35,36)/t22-/m1/s1. The third-order valence-corrected chi connectivity index (χ3v) is 6.85. The largest absolute Gasteiger partial charge is 0.478 e. The predicted molar refractivity (Wildman–Crippen MR) is 142 cm³/mol. The maximum atomic E-state index is 13.1. The van der Waals surface area contributed by atoms with Crippen LogP contribution in [0.5, 0.6) is 0 Å². The van der Waals surface area contributed by atoms with Crippen LogP contribution in [0.15, 0.2) is 36.4 Å². The summed E-state index contributed by atoms with van der Waals surface area (Å²) >= 11 is 1.32. The molecule has 1 aliphatic heterocycles. The highest BCUT2D eigenvalue weighted by atomic mass is 32.1. The van der Waals surface area contributed by atoms with Crippen molar-refractivity contribution in [2.75, 3.05) is 28.6 Å². The van der Waals surface area contributed by atoms with Gasteiger partial charge in [0.2, 0.25) is 17.9 Å². The van der Waals surface area contributed by atoms with Crippen molar-refractivity contribution < 1.29 is 29.0 Å². The number of aryl methyl sites for hydroxylation is 2. The normalized spacial score (nSPS) is 13.0. The van der Waals surface area contributed by atoms with E-state index in [2.05, 4.69) is 20.0 Å². The Morgan fingerprint density at radius 1 is 1.16 bits per heavy atom. The molecule has 0 bridgehead atoms. The van der Waals surface area contributed by atoms with E-state index in [0.29, 0.717) is 30.2 Å². The van der Waals surface area contributed by atoms with Crippen molar-refractivity contribution in [3.05, 3.63) is 53.3 Å². The van der Waals surface area contributed by atoms with Crippen LogP contribution in [0.3, 0.4) is 0 Å². The van der Waals surface area contributed by atoms with Gasteiger partial charge in [0.15, 0.2) is 0 Å². The van der Waals surface area contributed by atoms with Crippen molar-refractivity contribution in [3.63, 3.8) is 0 Å². The lowest BCUT2D eigenvalue weighted by atomic mass is 10.1. The van der Waals surface area contributed by atoms with Crippen LogP contribution in [0, 0.1) is 13.8 Å². The monoisotopic (exact) mass is 537 g/mol. The zero-order valence-corrected chi connectivity index (χ0v) is 21.9.